The molecule has 18 heavy (non-hydrogen) atoms. The summed E-state index contributed by atoms with van der Waals surface area (Å²) in [6, 6.07) is 0.208. The summed E-state index contributed by atoms with van der Waals surface area (Å²) in [5, 5.41) is 15.3. The summed E-state index contributed by atoms with van der Waals surface area (Å²) in [6.07, 6.45) is 7.67. The Morgan fingerprint density at radius 1 is 1.28 bits per heavy atom. The minimum Gasteiger partial charge on any atom is -0.393 e. The number of hydrogen-bond donors (Lipinski definition) is 3. The Hall–Kier alpha value is -0.770. The van der Waals surface area contributed by atoms with E-state index < -0.39 is 0 Å². The lowest BCUT2D eigenvalue weighted by molar-refractivity contribution is 0.177. The van der Waals surface area contributed by atoms with Crippen LogP contribution in [0.5, 0.6) is 0 Å². The fourth-order valence-corrected chi connectivity index (χ4v) is 2.71. The van der Waals surface area contributed by atoms with Gasteiger partial charge in [-0.1, -0.05) is 12.8 Å². The van der Waals surface area contributed by atoms with E-state index >= 15 is 0 Å². The average Bonchev–Trinajstić information content (AvgIpc) is 3.06. The Morgan fingerprint density at radius 3 is 2.61 bits per heavy atom. The fraction of sp³-hybridized carbons (Fsp3) is 0.929. The molecule has 0 unspecified atom stereocenters. The molecule has 2 aliphatic carbocycles. The first kappa shape index (κ1) is 13.7. The molecule has 0 aromatic carbocycles. The van der Waals surface area contributed by atoms with Gasteiger partial charge < -0.3 is 15.7 Å². The molecule has 3 atom stereocenters. The maximum absolute atomic E-state index is 11.7. The lowest BCUT2D eigenvalue weighted by Crippen LogP contribution is -2.42. The van der Waals surface area contributed by atoms with E-state index in [1.165, 1.54) is 19.3 Å². The molecule has 0 saturated heterocycles. The molecular formula is C14H26N2O2. The summed E-state index contributed by atoms with van der Waals surface area (Å²) in [7, 11) is 0. The van der Waals surface area contributed by atoms with Crippen molar-refractivity contribution in [3.05, 3.63) is 0 Å². The molecule has 2 aliphatic rings. The van der Waals surface area contributed by atoms with Crippen LogP contribution in [0.2, 0.25) is 0 Å². The average molecular weight is 254 g/mol. The normalized spacial score (nSPS) is 29.0. The summed E-state index contributed by atoms with van der Waals surface area (Å²) in [5.41, 5.74) is 0. The van der Waals surface area contributed by atoms with E-state index in [0.717, 1.165) is 31.6 Å². The van der Waals surface area contributed by atoms with E-state index in [0.29, 0.717) is 12.5 Å². The second-order valence-corrected chi connectivity index (χ2v) is 6.11. The predicted octanol–water partition coefficient (Wildman–Crippen LogP) is 2.03. The van der Waals surface area contributed by atoms with Crippen LogP contribution >= 0.6 is 0 Å². The fourth-order valence-electron chi connectivity index (χ4n) is 2.71. The third kappa shape index (κ3) is 4.84. The van der Waals surface area contributed by atoms with Gasteiger partial charge in [0.05, 0.1) is 6.10 Å². The molecule has 0 bridgehead atoms. The molecule has 2 fully saturated rings. The van der Waals surface area contributed by atoms with Gasteiger partial charge in [0, 0.05) is 12.6 Å². The molecule has 0 heterocycles. The predicted molar refractivity (Wildman–Crippen MR) is 71.3 cm³/mol. The molecule has 0 aliphatic heterocycles. The smallest absolute Gasteiger partial charge is 0.315 e. The molecule has 2 rings (SSSR count). The van der Waals surface area contributed by atoms with Crippen LogP contribution in [-0.4, -0.2) is 29.8 Å². The zero-order valence-corrected chi connectivity index (χ0v) is 11.3. The highest BCUT2D eigenvalue weighted by Gasteiger charge is 2.24. The summed E-state index contributed by atoms with van der Waals surface area (Å²) in [6.45, 7) is 2.76. The molecule has 0 spiro atoms. The number of rotatable bonds is 6. The summed E-state index contributed by atoms with van der Waals surface area (Å²) >= 11 is 0. The first-order chi connectivity index (χ1) is 8.63. The molecular weight excluding hydrogens is 228 g/mol. The monoisotopic (exact) mass is 254 g/mol. The second-order valence-electron chi connectivity index (χ2n) is 6.11. The summed E-state index contributed by atoms with van der Waals surface area (Å²) in [5.74, 6) is 1.38. The molecule has 0 radical (unpaired) electrons. The van der Waals surface area contributed by atoms with Gasteiger partial charge in [-0.15, -0.1) is 0 Å². The first-order valence-corrected chi connectivity index (χ1v) is 7.36. The number of carbonyl (C=O) groups excluding carboxylic acids is 1. The minimum absolute atomic E-state index is 0.0558. The summed E-state index contributed by atoms with van der Waals surface area (Å²) in [4.78, 5) is 11.7. The molecule has 2 saturated carbocycles. The molecule has 0 aromatic rings. The number of aliphatic hydroxyl groups excluding tert-OH is 1. The van der Waals surface area contributed by atoms with E-state index in [1.54, 1.807) is 0 Å². The number of carbonyl (C=O) groups is 1. The van der Waals surface area contributed by atoms with Gasteiger partial charge in [-0.2, -0.15) is 0 Å². The van der Waals surface area contributed by atoms with E-state index in [1.807, 2.05) is 0 Å². The Morgan fingerprint density at radius 2 is 2.00 bits per heavy atom. The topological polar surface area (TPSA) is 61.4 Å². The van der Waals surface area contributed by atoms with Crippen molar-refractivity contribution in [1.29, 1.82) is 0 Å². The third-order valence-corrected chi connectivity index (χ3v) is 4.15. The maximum Gasteiger partial charge on any atom is 0.315 e. The number of aliphatic hydroxyl groups is 1. The Bertz CT molecular complexity index is 279. The molecule has 104 valence electrons. The van der Waals surface area contributed by atoms with Crippen molar-refractivity contribution >= 4 is 6.03 Å². The standard InChI is InChI=1S/C14H26N2O2/c1-10(2-3-11-4-5-11)16-14(18)15-9-12-6-7-13(17)8-12/h10-13,17H,2-9H2,1H3,(H2,15,16,18)/t10-,12-,13-/m1/s1. The van der Waals surface area contributed by atoms with Gasteiger partial charge in [-0.3, -0.25) is 0 Å². The number of hydrogen-bond acceptors (Lipinski definition) is 2. The van der Waals surface area contributed by atoms with Crippen LogP contribution in [0.3, 0.4) is 0 Å². The lowest BCUT2D eigenvalue weighted by atomic mass is 10.1. The number of nitrogens with one attached hydrogen (secondary N) is 2. The van der Waals surface area contributed by atoms with Gasteiger partial charge in [0.25, 0.3) is 0 Å². The van der Waals surface area contributed by atoms with E-state index in [9.17, 15) is 9.90 Å². The minimum atomic E-state index is -0.155. The second kappa shape index (κ2) is 6.41. The largest absolute Gasteiger partial charge is 0.393 e. The zero-order valence-electron chi connectivity index (χ0n) is 11.3. The van der Waals surface area contributed by atoms with Gasteiger partial charge in [0.15, 0.2) is 0 Å². The number of urea groups is 1. The van der Waals surface area contributed by atoms with Gasteiger partial charge in [-0.05, 0) is 50.9 Å². The van der Waals surface area contributed by atoms with Crippen molar-refractivity contribution < 1.29 is 9.90 Å². The van der Waals surface area contributed by atoms with E-state index in [2.05, 4.69) is 17.6 Å². The molecule has 0 aromatic heterocycles. The number of amides is 2. The molecule has 3 N–H and O–H groups in total. The summed E-state index contributed by atoms with van der Waals surface area (Å²) < 4.78 is 0. The van der Waals surface area contributed by atoms with Crippen molar-refractivity contribution in [3.8, 4) is 0 Å². The van der Waals surface area contributed by atoms with Crippen LogP contribution in [0.25, 0.3) is 0 Å². The highest BCUT2D eigenvalue weighted by Crippen LogP contribution is 2.33. The molecule has 4 heteroatoms. The Balaban J connectivity index is 1.53. The third-order valence-electron chi connectivity index (χ3n) is 4.15. The van der Waals surface area contributed by atoms with Crippen LogP contribution in [0, 0.1) is 11.8 Å². The van der Waals surface area contributed by atoms with Crippen molar-refractivity contribution in [2.75, 3.05) is 6.54 Å². The molecule has 4 nitrogen and oxygen atoms in total. The van der Waals surface area contributed by atoms with Crippen LogP contribution in [0.1, 0.15) is 51.9 Å². The van der Waals surface area contributed by atoms with Crippen molar-refractivity contribution in [2.45, 2.75) is 64.0 Å². The highest BCUT2D eigenvalue weighted by molar-refractivity contribution is 5.74. The van der Waals surface area contributed by atoms with E-state index in [-0.39, 0.29) is 18.2 Å². The lowest BCUT2D eigenvalue weighted by Gasteiger charge is -2.16. The van der Waals surface area contributed by atoms with Crippen LogP contribution < -0.4 is 10.6 Å². The van der Waals surface area contributed by atoms with Crippen LogP contribution in [0.15, 0.2) is 0 Å². The SMILES string of the molecule is C[C@H](CCC1CC1)NC(=O)NC[C@@H]1CC[C@@H](O)C1. The zero-order chi connectivity index (χ0) is 13.0. The van der Waals surface area contributed by atoms with Gasteiger partial charge in [0.1, 0.15) is 0 Å². The van der Waals surface area contributed by atoms with Crippen LogP contribution in [0.4, 0.5) is 4.79 Å². The Labute approximate surface area is 110 Å². The van der Waals surface area contributed by atoms with Gasteiger partial charge >= 0.3 is 6.03 Å². The maximum atomic E-state index is 11.7. The first-order valence-electron chi connectivity index (χ1n) is 7.36. The Kier molecular flexibility index (Phi) is 4.87. The quantitative estimate of drug-likeness (QED) is 0.679. The van der Waals surface area contributed by atoms with Gasteiger partial charge in [-0.25, -0.2) is 4.79 Å². The van der Waals surface area contributed by atoms with Crippen molar-refractivity contribution in [2.24, 2.45) is 11.8 Å². The van der Waals surface area contributed by atoms with Crippen LogP contribution in [-0.2, 0) is 0 Å². The van der Waals surface area contributed by atoms with Crippen molar-refractivity contribution in [3.63, 3.8) is 0 Å². The van der Waals surface area contributed by atoms with Crippen molar-refractivity contribution in [1.82, 2.24) is 10.6 Å². The van der Waals surface area contributed by atoms with E-state index in [4.69, 9.17) is 0 Å². The highest BCUT2D eigenvalue weighted by atomic mass is 16.3. The van der Waals surface area contributed by atoms with Gasteiger partial charge in [0.2, 0.25) is 0 Å². The molecule has 2 amide bonds.